The van der Waals surface area contributed by atoms with E-state index in [1.54, 1.807) is 13.2 Å². The summed E-state index contributed by atoms with van der Waals surface area (Å²) in [7, 11) is 0. The number of carbonyl (C=O) groups is 1. The maximum atomic E-state index is 10.0. The van der Waals surface area contributed by atoms with Crippen molar-refractivity contribution >= 4 is 17.7 Å². The van der Waals surface area contributed by atoms with Crippen LogP contribution in [-0.2, 0) is 4.79 Å². The number of rotatable bonds is 3. The van der Waals surface area contributed by atoms with Crippen LogP contribution in [-0.4, -0.2) is 33.8 Å². The number of aliphatic hydroxyl groups excluding tert-OH is 1. The Hall–Kier alpha value is -0.260. The highest BCUT2D eigenvalue weighted by Gasteiger charge is 2.19. The van der Waals surface area contributed by atoms with Crippen molar-refractivity contribution in [3.63, 3.8) is 0 Å². The summed E-state index contributed by atoms with van der Waals surface area (Å²) >= 11 is 1.33. The fourth-order valence-corrected chi connectivity index (χ4v) is 0.704. The highest BCUT2D eigenvalue weighted by Crippen LogP contribution is 2.09. The Morgan fingerprint density at radius 3 is 2.10 bits per heavy atom. The minimum atomic E-state index is -1.24. The molecule has 2 atom stereocenters. The highest BCUT2D eigenvalue weighted by molar-refractivity contribution is 7.99. The van der Waals surface area contributed by atoms with Gasteiger partial charge in [0.05, 0.1) is 0 Å². The van der Waals surface area contributed by atoms with Crippen molar-refractivity contribution in [3.8, 4) is 0 Å². The lowest BCUT2D eigenvalue weighted by atomic mass is 10.3. The van der Waals surface area contributed by atoms with E-state index in [0.717, 1.165) is 0 Å². The van der Waals surface area contributed by atoms with Crippen LogP contribution in [0.5, 0.6) is 0 Å². The lowest BCUT2D eigenvalue weighted by Crippen LogP contribution is -2.28. The molecular formula is C5H13NO3S. The Balaban J connectivity index is 0. The van der Waals surface area contributed by atoms with Crippen LogP contribution < -0.4 is 6.15 Å². The van der Waals surface area contributed by atoms with Crippen molar-refractivity contribution in [1.29, 1.82) is 0 Å². The molecule has 0 aromatic carbocycles. The lowest BCUT2D eigenvalue weighted by Gasteiger charge is -2.10. The Morgan fingerprint density at radius 1 is 1.60 bits per heavy atom. The van der Waals surface area contributed by atoms with Gasteiger partial charge in [-0.3, -0.25) is 0 Å². The lowest BCUT2D eigenvalue weighted by molar-refractivity contribution is -0.146. The molecule has 0 aliphatic carbocycles. The molecule has 2 unspecified atom stereocenters. The van der Waals surface area contributed by atoms with Gasteiger partial charge in [-0.25, -0.2) is 4.79 Å². The van der Waals surface area contributed by atoms with Gasteiger partial charge in [0.1, 0.15) is 0 Å². The molecule has 5 N–H and O–H groups in total. The monoisotopic (exact) mass is 167 g/mol. The molecule has 4 nitrogen and oxygen atoms in total. The van der Waals surface area contributed by atoms with Crippen molar-refractivity contribution in [3.05, 3.63) is 0 Å². The minimum absolute atomic E-state index is 0. The number of aliphatic hydroxyl groups is 1. The third-order valence-corrected chi connectivity index (χ3v) is 2.07. The van der Waals surface area contributed by atoms with Crippen LogP contribution in [0.4, 0.5) is 0 Å². The molecule has 0 aliphatic heterocycles. The van der Waals surface area contributed by atoms with Gasteiger partial charge in [0, 0.05) is 5.25 Å². The molecule has 10 heavy (non-hydrogen) atoms. The van der Waals surface area contributed by atoms with E-state index in [1.807, 2.05) is 0 Å². The van der Waals surface area contributed by atoms with E-state index in [9.17, 15) is 4.79 Å². The van der Waals surface area contributed by atoms with Gasteiger partial charge in [0.2, 0.25) is 0 Å². The second-order valence-corrected chi connectivity index (χ2v) is 2.94. The topological polar surface area (TPSA) is 92.5 Å². The van der Waals surface area contributed by atoms with Gasteiger partial charge in [0.25, 0.3) is 0 Å². The van der Waals surface area contributed by atoms with Gasteiger partial charge in [-0.2, -0.15) is 11.8 Å². The van der Waals surface area contributed by atoms with Gasteiger partial charge in [0.15, 0.2) is 6.10 Å². The third kappa shape index (κ3) is 3.71. The number of carboxylic acid groups (broad SMARTS) is 1. The predicted octanol–water partition coefficient (Wildman–Crippen LogP) is 0.345. The Bertz CT molecular complexity index is 109. The van der Waals surface area contributed by atoms with Crippen molar-refractivity contribution in [1.82, 2.24) is 6.15 Å². The summed E-state index contributed by atoms with van der Waals surface area (Å²) in [5, 5.41) is 16.8. The van der Waals surface area contributed by atoms with E-state index in [-0.39, 0.29) is 11.4 Å². The maximum absolute atomic E-state index is 10.0. The smallest absolute Gasteiger partial charge is 0.333 e. The molecule has 0 saturated carbocycles. The molecule has 0 fully saturated rings. The molecule has 0 bridgehead atoms. The standard InChI is InChI=1S/C5H10O3S.H3N/c1-3(9-2)4(6)5(7)8;/h3-4,6H,1-2H3,(H,7,8);1H3. The Kier molecular flexibility index (Phi) is 6.85. The Morgan fingerprint density at radius 2 is 2.00 bits per heavy atom. The summed E-state index contributed by atoms with van der Waals surface area (Å²) in [6.45, 7) is 1.67. The molecule has 0 aromatic rings. The van der Waals surface area contributed by atoms with E-state index < -0.39 is 12.1 Å². The fraction of sp³-hybridized carbons (Fsp3) is 0.800. The molecule has 0 aliphatic rings. The van der Waals surface area contributed by atoms with Crippen molar-refractivity contribution < 1.29 is 15.0 Å². The molecule has 62 valence electrons. The largest absolute Gasteiger partial charge is 0.479 e. The average Bonchev–Trinajstić information content (AvgIpc) is 1.84. The van der Waals surface area contributed by atoms with E-state index >= 15 is 0 Å². The van der Waals surface area contributed by atoms with E-state index in [0.29, 0.717) is 0 Å². The summed E-state index contributed by atoms with van der Waals surface area (Å²) < 4.78 is 0. The third-order valence-electron chi connectivity index (χ3n) is 1.07. The van der Waals surface area contributed by atoms with E-state index in [1.165, 1.54) is 11.8 Å². The normalized spacial score (nSPS) is 15.1. The van der Waals surface area contributed by atoms with Gasteiger partial charge < -0.3 is 16.4 Å². The molecule has 0 rings (SSSR count). The quantitative estimate of drug-likeness (QED) is 0.564. The van der Waals surface area contributed by atoms with Crippen molar-refractivity contribution in [2.75, 3.05) is 6.26 Å². The van der Waals surface area contributed by atoms with Gasteiger partial charge in [-0.05, 0) is 6.26 Å². The summed E-state index contributed by atoms with van der Waals surface area (Å²) in [6.07, 6.45) is 0.525. The number of hydrogen-bond donors (Lipinski definition) is 3. The molecular weight excluding hydrogens is 154 g/mol. The molecule has 0 aromatic heterocycles. The predicted molar refractivity (Wildman–Crippen MR) is 41.6 cm³/mol. The molecule has 0 saturated heterocycles. The van der Waals surface area contributed by atoms with E-state index in [4.69, 9.17) is 10.2 Å². The zero-order valence-corrected chi connectivity index (χ0v) is 6.89. The van der Waals surface area contributed by atoms with Crippen molar-refractivity contribution in [2.24, 2.45) is 0 Å². The second kappa shape index (κ2) is 5.52. The number of hydrogen-bond acceptors (Lipinski definition) is 4. The molecule has 5 heteroatoms. The maximum Gasteiger partial charge on any atom is 0.333 e. The zero-order valence-electron chi connectivity index (χ0n) is 6.07. The number of thioether (sulfide) groups is 1. The van der Waals surface area contributed by atoms with Gasteiger partial charge in [-0.1, -0.05) is 6.92 Å². The van der Waals surface area contributed by atoms with E-state index in [2.05, 4.69) is 0 Å². The van der Waals surface area contributed by atoms with Gasteiger partial charge >= 0.3 is 5.97 Å². The first-order chi connectivity index (χ1) is 4.09. The van der Waals surface area contributed by atoms with Crippen LogP contribution in [0.3, 0.4) is 0 Å². The van der Waals surface area contributed by atoms with Crippen LogP contribution in [0, 0.1) is 0 Å². The summed E-state index contributed by atoms with van der Waals surface area (Å²) in [5.74, 6) is -1.16. The molecule has 0 heterocycles. The van der Waals surface area contributed by atoms with Crippen LogP contribution in [0.1, 0.15) is 6.92 Å². The summed E-state index contributed by atoms with van der Waals surface area (Å²) in [5.41, 5.74) is 0. The first-order valence-electron chi connectivity index (χ1n) is 2.53. The molecule has 0 spiro atoms. The summed E-state index contributed by atoms with van der Waals surface area (Å²) in [4.78, 5) is 10.0. The summed E-state index contributed by atoms with van der Waals surface area (Å²) in [6, 6.07) is 0. The van der Waals surface area contributed by atoms with Crippen LogP contribution in [0.15, 0.2) is 0 Å². The number of carboxylic acids is 1. The average molecular weight is 167 g/mol. The Labute approximate surface area is 64.2 Å². The molecule has 0 amide bonds. The SMILES string of the molecule is CSC(C)C(O)C(=O)O.N. The second-order valence-electron chi connectivity index (χ2n) is 1.72. The minimum Gasteiger partial charge on any atom is -0.479 e. The fourth-order valence-electron chi connectivity index (χ4n) is 0.330. The molecule has 0 radical (unpaired) electrons. The zero-order chi connectivity index (χ0) is 7.44. The first-order valence-corrected chi connectivity index (χ1v) is 3.82. The number of aliphatic carboxylic acids is 1. The van der Waals surface area contributed by atoms with Gasteiger partial charge in [-0.15, -0.1) is 0 Å². The van der Waals surface area contributed by atoms with Crippen LogP contribution in [0.25, 0.3) is 0 Å². The first kappa shape index (κ1) is 12.4. The van der Waals surface area contributed by atoms with Crippen LogP contribution in [0.2, 0.25) is 0 Å². The highest BCUT2D eigenvalue weighted by atomic mass is 32.2. The van der Waals surface area contributed by atoms with Crippen LogP contribution >= 0.6 is 11.8 Å². The van der Waals surface area contributed by atoms with Crippen molar-refractivity contribution in [2.45, 2.75) is 18.3 Å².